The fourth-order valence-electron chi connectivity index (χ4n) is 1.56. The van der Waals surface area contributed by atoms with Gasteiger partial charge in [-0.1, -0.05) is 25.4 Å². The average Bonchev–Trinajstić information content (AvgIpc) is 2.40. The van der Waals surface area contributed by atoms with Gasteiger partial charge in [-0.3, -0.25) is 9.59 Å². The van der Waals surface area contributed by atoms with Crippen LogP contribution in [0.1, 0.15) is 30.6 Å². The number of nitrogens with one attached hydrogen (secondary N) is 2. The second kappa shape index (κ2) is 7.26. The monoisotopic (exact) mass is 297 g/mol. The lowest BCUT2D eigenvalue weighted by Gasteiger charge is -2.15. The highest BCUT2D eigenvalue weighted by molar-refractivity contribution is 6.33. The van der Waals surface area contributed by atoms with Gasteiger partial charge in [-0.25, -0.2) is 0 Å². The topological polar surface area (TPSA) is 84.2 Å². The summed E-state index contributed by atoms with van der Waals surface area (Å²) in [7, 11) is 1.54. The van der Waals surface area contributed by atoms with E-state index in [-0.39, 0.29) is 30.2 Å². The number of carbonyl (C=O) groups is 2. The van der Waals surface area contributed by atoms with Crippen LogP contribution in [-0.4, -0.2) is 24.9 Å². The normalized spacial score (nSPS) is 12.1. The van der Waals surface area contributed by atoms with Crippen LogP contribution in [0, 0.1) is 5.92 Å². The Morgan fingerprint density at radius 2 is 2.00 bits per heavy atom. The summed E-state index contributed by atoms with van der Waals surface area (Å²) in [6.07, 6.45) is 0.207. The van der Waals surface area contributed by atoms with Crippen molar-refractivity contribution in [2.45, 2.75) is 26.3 Å². The zero-order valence-corrected chi connectivity index (χ0v) is 12.6. The Balaban J connectivity index is 2.81. The quantitative estimate of drug-likeness (QED) is 0.777. The first kappa shape index (κ1) is 16.5. The smallest absolute Gasteiger partial charge is 0.251 e. The van der Waals surface area contributed by atoms with E-state index in [0.29, 0.717) is 16.3 Å². The van der Waals surface area contributed by atoms with Crippen molar-refractivity contribution in [1.82, 2.24) is 5.32 Å². The van der Waals surface area contributed by atoms with Gasteiger partial charge in [0.2, 0.25) is 5.91 Å². The zero-order chi connectivity index (χ0) is 15.3. The van der Waals surface area contributed by atoms with E-state index in [1.807, 2.05) is 13.8 Å². The van der Waals surface area contributed by atoms with Crippen LogP contribution < -0.4 is 16.4 Å². The average molecular weight is 298 g/mol. The highest BCUT2D eigenvalue weighted by Crippen LogP contribution is 2.23. The van der Waals surface area contributed by atoms with Gasteiger partial charge in [0.05, 0.1) is 10.7 Å². The van der Waals surface area contributed by atoms with Gasteiger partial charge >= 0.3 is 0 Å². The molecule has 110 valence electrons. The third kappa shape index (κ3) is 4.51. The van der Waals surface area contributed by atoms with Gasteiger partial charge in [-0.15, -0.1) is 0 Å². The van der Waals surface area contributed by atoms with Crippen molar-refractivity contribution in [3.63, 3.8) is 0 Å². The summed E-state index contributed by atoms with van der Waals surface area (Å²) in [6, 6.07) is 4.50. The van der Waals surface area contributed by atoms with Crippen LogP contribution in [0.5, 0.6) is 0 Å². The van der Waals surface area contributed by atoms with E-state index in [1.54, 1.807) is 18.2 Å². The summed E-state index contributed by atoms with van der Waals surface area (Å²) >= 11 is 6.01. The molecular weight excluding hydrogens is 278 g/mol. The molecule has 6 heteroatoms. The van der Waals surface area contributed by atoms with Crippen LogP contribution in [0.3, 0.4) is 0 Å². The summed E-state index contributed by atoms with van der Waals surface area (Å²) in [6.45, 7) is 3.91. The van der Waals surface area contributed by atoms with E-state index < -0.39 is 0 Å². The number of hydrogen-bond donors (Lipinski definition) is 3. The number of rotatable bonds is 5. The van der Waals surface area contributed by atoms with Crippen LogP contribution in [0.4, 0.5) is 5.69 Å². The third-order valence-electron chi connectivity index (χ3n) is 3.01. The fraction of sp³-hybridized carbons (Fsp3) is 0.429. The van der Waals surface area contributed by atoms with Crippen LogP contribution in [0.25, 0.3) is 0 Å². The standard InChI is InChI=1S/C14H20ClN3O2/c1-8(2)11(16)7-13(19)18-12-6-9(14(20)17-3)4-5-10(12)15/h4-6,8,11H,7,16H2,1-3H3,(H,17,20)(H,18,19). The maximum Gasteiger partial charge on any atom is 0.251 e. The molecule has 0 fully saturated rings. The molecule has 0 aromatic heterocycles. The molecule has 0 saturated heterocycles. The highest BCUT2D eigenvalue weighted by atomic mass is 35.5. The zero-order valence-electron chi connectivity index (χ0n) is 11.9. The van der Waals surface area contributed by atoms with Crippen molar-refractivity contribution in [3.05, 3.63) is 28.8 Å². The number of nitrogens with two attached hydrogens (primary N) is 1. The minimum atomic E-state index is -0.240. The van der Waals surface area contributed by atoms with Gasteiger partial charge < -0.3 is 16.4 Å². The molecule has 20 heavy (non-hydrogen) atoms. The van der Waals surface area contributed by atoms with Gasteiger partial charge in [-0.2, -0.15) is 0 Å². The summed E-state index contributed by atoms with van der Waals surface area (Å²) in [5.41, 5.74) is 6.69. The van der Waals surface area contributed by atoms with Crippen molar-refractivity contribution in [2.24, 2.45) is 11.7 Å². The lowest BCUT2D eigenvalue weighted by molar-refractivity contribution is -0.116. The summed E-state index contributed by atoms with van der Waals surface area (Å²) in [5, 5.41) is 5.58. The van der Waals surface area contributed by atoms with Gasteiger partial charge in [0, 0.05) is 25.1 Å². The Morgan fingerprint density at radius 1 is 1.35 bits per heavy atom. The van der Waals surface area contributed by atoms with Crippen molar-refractivity contribution in [1.29, 1.82) is 0 Å². The second-order valence-electron chi connectivity index (χ2n) is 4.93. The number of benzene rings is 1. The van der Waals surface area contributed by atoms with E-state index >= 15 is 0 Å². The van der Waals surface area contributed by atoms with Crippen LogP contribution in [0.2, 0.25) is 5.02 Å². The van der Waals surface area contributed by atoms with Crippen molar-refractivity contribution >= 4 is 29.1 Å². The molecule has 0 aliphatic carbocycles. The van der Waals surface area contributed by atoms with E-state index in [2.05, 4.69) is 10.6 Å². The summed E-state index contributed by atoms with van der Waals surface area (Å²) in [4.78, 5) is 23.4. The van der Waals surface area contributed by atoms with E-state index in [4.69, 9.17) is 17.3 Å². The largest absolute Gasteiger partial charge is 0.355 e. The fourth-order valence-corrected chi connectivity index (χ4v) is 1.72. The molecule has 5 nitrogen and oxygen atoms in total. The molecule has 1 aromatic carbocycles. The Hall–Kier alpha value is -1.59. The maximum atomic E-state index is 11.9. The molecule has 0 radical (unpaired) electrons. The molecule has 0 heterocycles. The number of amides is 2. The predicted octanol–water partition coefficient (Wildman–Crippen LogP) is 2.01. The van der Waals surface area contributed by atoms with E-state index in [0.717, 1.165) is 0 Å². The van der Waals surface area contributed by atoms with E-state index in [9.17, 15) is 9.59 Å². The third-order valence-corrected chi connectivity index (χ3v) is 3.34. The molecule has 0 spiro atoms. The van der Waals surface area contributed by atoms with Crippen LogP contribution in [-0.2, 0) is 4.79 Å². The molecular formula is C14H20ClN3O2. The minimum absolute atomic E-state index is 0.207. The van der Waals surface area contributed by atoms with Crippen molar-refractivity contribution in [3.8, 4) is 0 Å². The molecule has 0 aliphatic rings. The molecule has 1 unspecified atom stereocenters. The van der Waals surface area contributed by atoms with Crippen molar-refractivity contribution < 1.29 is 9.59 Å². The molecule has 1 aromatic rings. The Labute approximate surface area is 123 Å². The van der Waals surface area contributed by atoms with Gasteiger partial charge in [0.1, 0.15) is 0 Å². The Kier molecular flexibility index (Phi) is 5.98. The highest BCUT2D eigenvalue weighted by Gasteiger charge is 2.15. The SMILES string of the molecule is CNC(=O)c1ccc(Cl)c(NC(=O)CC(N)C(C)C)c1. The van der Waals surface area contributed by atoms with E-state index in [1.165, 1.54) is 7.05 Å². The molecule has 2 amide bonds. The predicted molar refractivity (Wildman–Crippen MR) is 80.9 cm³/mol. The minimum Gasteiger partial charge on any atom is -0.355 e. The Morgan fingerprint density at radius 3 is 2.55 bits per heavy atom. The molecule has 0 bridgehead atoms. The molecule has 4 N–H and O–H groups in total. The van der Waals surface area contributed by atoms with Crippen molar-refractivity contribution in [2.75, 3.05) is 12.4 Å². The van der Waals surface area contributed by atoms with Crippen LogP contribution in [0.15, 0.2) is 18.2 Å². The number of hydrogen-bond acceptors (Lipinski definition) is 3. The van der Waals surface area contributed by atoms with Gasteiger partial charge in [-0.05, 0) is 24.1 Å². The Bertz CT molecular complexity index is 503. The summed E-state index contributed by atoms with van der Waals surface area (Å²) in [5.74, 6) is -0.244. The number of carbonyl (C=O) groups excluding carboxylic acids is 2. The van der Waals surface area contributed by atoms with Gasteiger partial charge in [0.25, 0.3) is 5.91 Å². The second-order valence-corrected chi connectivity index (χ2v) is 5.34. The first-order valence-corrected chi connectivity index (χ1v) is 6.80. The lowest BCUT2D eigenvalue weighted by Crippen LogP contribution is -2.31. The molecule has 0 aliphatic heterocycles. The maximum absolute atomic E-state index is 11.9. The molecule has 1 atom stereocenters. The first-order valence-electron chi connectivity index (χ1n) is 6.42. The van der Waals surface area contributed by atoms with Gasteiger partial charge in [0.15, 0.2) is 0 Å². The number of anilines is 1. The summed E-state index contributed by atoms with van der Waals surface area (Å²) < 4.78 is 0. The number of halogens is 1. The van der Waals surface area contributed by atoms with Crippen LogP contribution >= 0.6 is 11.6 Å². The lowest BCUT2D eigenvalue weighted by atomic mass is 10.0. The molecule has 1 rings (SSSR count). The first-order chi connectivity index (χ1) is 9.35. The molecule has 0 saturated carbocycles.